The lowest BCUT2D eigenvalue weighted by atomic mass is 10.00. The Morgan fingerprint density at radius 2 is 2.39 bits per heavy atom. The number of halogens is 1. The molecule has 0 amide bonds. The zero-order valence-electron chi connectivity index (χ0n) is 10.4. The van der Waals surface area contributed by atoms with Crippen LogP contribution in [0.3, 0.4) is 0 Å². The Kier molecular flexibility index (Phi) is 4.21. The lowest BCUT2D eigenvalue weighted by Crippen LogP contribution is -2.34. The lowest BCUT2D eigenvalue weighted by Gasteiger charge is -2.22. The van der Waals surface area contributed by atoms with Gasteiger partial charge in [0, 0.05) is 41.2 Å². The molecule has 2 rings (SSSR count). The molecule has 0 aliphatic carbocycles. The van der Waals surface area contributed by atoms with Crippen molar-refractivity contribution in [1.29, 1.82) is 0 Å². The lowest BCUT2D eigenvalue weighted by molar-refractivity contribution is 0.0566. The van der Waals surface area contributed by atoms with Crippen LogP contribution in [0.25, 0.3) is 0 Å². The average molecular weight is 330 g/mol. The molecular weight excluding hydrogens is 314 g/mol. The van der Waals surface area contributed by atoms with Crippen molar-refractivity contribution in [3.8, 4) is 0 Å². The third-order valence-corrected chi connectivity index (χ3v) is 4.70. The largest absolute Gasteiger partial charge is 0.384 e. The molecule has 0 unspecified atom stereocenters. The molecule has 4 nitrogen and oxygen atoms in total. The Labute approximate surface area is 119 Å². The van der Waals surface area contributed by atoms with Gasteiger partial charge in [0.25, 0.3) is 0 Å². The smallest absolute Gasteiger partial charge is 0.102 e. The van der Waals surface area contributed by atoms with E-state index in [1.165, 1.54) is 4.88 Å². The third-order valence-electron chi connectivity index (χ3n) is 2.77. The molecule has 0 aliphatic rings. The Hall–Kier alpha value is -0.690. The first-order valence-corrected chi connectivity index (χ1v) is 7.30. The van der Waals surface area contributed by atoms with Crippen LogP contribution in [0.5, 0.6) is 0 Å². The maximum absolute atomic E-state index is 10.4. The summed E-state index contributed by atoms with van der Waals surface area (Å²) in [6.07, 6.45) is 3.53. The second kappa shape index (κ2) is 5.52. The summed E-state index contributed by atoms with van der Waals surface area (Å²) >= 11 is 5.18. The van der Waals surface area contributed by atoms with E-state index in [4.69, 9.17) is 0 Å². The maximum atomic E-state index is 10.4. The van der Waals surface area contributed by atoms with Crippen LogP contribution >= 0.6 is 27.3 Å². The fraction of sp³-hybridized carbons (Fsp3) is 0.417. The van der Waals surface area contributed by atoms with Gasteiger partial charge in [-0.25, -0.2) is 0 Å². The van der Waals surface area contributed by atoms with Crippen LogP contribution in [0.2, 0.25) is 0 Å². The Morgan fingerprint density at radius 3 is 2.94 bits per heavy atom. The highest BCUT2D eigenvalue weighted by Crippen LogP contribution is 2.23. The number of aryl methyl sites for hydroxylation is 1. The average Bonchev–Trinajstić information content (AvgIpc) is 2.89. The quantitative estimate of drug-likeness (QED) is 0.884. The van der Waals surface area contributed by atoms with E-state index in [1.54, 1.807) is 29.1 Å². The first-order valence-electron chi connectivity index (χ1n) is 5.63. The number of thiophene rings is 1. The molecule has 1 atom stereocenters. The molecule has 2 heterocycles. The van der Waals surface area contributed by atoms with Crippen LogP contribution in [-0.4, -0.2) is 21.4 Å². The molecule has 0 aliphatic heterocycles. The number of rotatable bonds is 5. The number of hydrogen-bond acceptors (Lipinski definition) is 4. The molecule has 18 heavy (non-hydrogen) atoms. The van der Waals surface area contributed by atoms with E-state index < -0.39 is 5.60 Å². The Morgan fingerprint density at radius 1 is 1.61 bits per heavy atom. The number of nitrogens with one attached hydrogen (secondary N) is 1. The minimum atomic E-state index is -0.905. The van der Waals surface area contributed by atoms with Gasteiger partial charge in [0.15, 0.2) is 0 Å². The molecule has 0 bridgehead atoms. The zero-order valence-corrected chi connectivity index (χ0v) is 12.8. The van der Waals surface area contributed by atoms with Crippen molar-refractivity contribution in [2.24, 2.45) is 7.05 Å². The second-order valence-electron chi connectivity index (χ2n) is 4.47. The molecule has 0 aromatic carbocycles. The van der Waals surface area contributed by atoms with Gasteiger partial charge in [0.05, 0.1) is 6.20 Å². The maximum Gasteiger partial charge on any atom is 0.102 e. The summed E-state index contributed by atoms with van der Waals surface area (Å²) in [6, 6.07) is 2.03. The van der Waals surface area contributed by atoms with E-state index in [1.807, 2.05) is 24.7 Å². The SMILES string of the molecule is Cn1cc([C@@](C)(O)CNCc2sccc2Br)cn1. The molecular formula is C12H16BrN3OS. The molecule has 0 fully saturated rings. The fourth-order valence-corrected chi connectivity index (χ4v) is 3.13. The zero-order chi connectivity index (χ0) is 13.2. The topological polar surface area (TPSA) is 50.1 Å². The van der Waals surface area contributed by atoms with Gasteiger partial charge in [-0.2, -0.15) is 5.10 Å². The molecule has 2 N–H and O–H groups in total. The van der Waals surface area contributed by atoms with Crippen molar-refractivity contribution in [1.82, 2.24) is 15.1 Å². The number of nitrogens with zero attached hydrogens (tertiary/aromatic N) is 2. The summed E-state index contributed by atoms with van der Waals surface area (Å²) < 4.78 is 2.81. The Bertz CT molecular complexity index is 521. The fourth-order valence-electron chi connectivity index (χ4n) is 1.67. The Balaban J connectivity index is 1.91. The van der Waals surface area contributed by atoms with E-state index in [-0.39, 0.29) is 0 Å². The van der Waals surface area contributed by atoms with Crippen LogP contribution in [-0.2, 0) is 19.2 Å². The van der Waals surface area contributed by atoms with Crippen LogP contribution in [0.4, 0.5) is 0 Å². The van der Waals surface area contributed by atoms with Gasteiger partial charge in [-0.15, -0.1) is 11.3 Å². The van der Waals surface area contributed by atoms with Crippen molar-refractivity contribution in [3.63, 3.8) is 0 Å². The van der Waals surface area contributed by atoms with Crippen LogP contribution < -0.4 is 5.32 Å². The van der Waals surface area contributed by atoms with E-state index in [9.17, 15) is 5.11 Å². The first kappa shape index (κ1) is 13.7. The highest BCUT2D eigenvalue weighted by molar-refractivity contribution is 9.10. The standard InChI is InChI=1S/C12H16BrN3OS/c1-12(17,9-5-15-16(2)7-9)8-14-6-11-10(13)3-4-18-11/h3-5,7,14,17H,6,8H2,1-2H3/t12-/m0/s1. The van der Waals surface area contributed by atoms with Crippen LogP contribution in [0.1, 0.15) is 17.4 Å². The van der Waals surface area contributed by atoms with Gasteiger partial charge in [0.1, 0.15) is 5.60 Å². The molecule has 2 aromatic rings. The van der Waals surface area contributed by atoms with Crippen molar-refractivity contribution in [2.45, 2.75) is 19.1 Å². The van der Waals surface area contributed by atoms with Gasteiger partial charge in [0.2, 0.25) is 0 Å². The molecule has 0 spiro atoms. The van der Waals surface area contributed by atoms with Crippen molar-refractivity contribution in [3.05, 3.63) is 38.8 Å². The predicted molar refractivity (Wildman–Crippen MR) is 76.5 cm³/mol. The summed E-state index contributed by atoms with van der Waals surface area (Å²) in [7, 11) is 1.84. The molecule has 0 saturated carbocycles. The van der Waals surface area contributed by atoms with Gasteiger partial charge >= 0.3 is 0 Å². The van der Waals surface area contributed by atoms with Crippen molar-refractivity contribution >= 4 is 27.3 Å². The third kappa shape index (κ3) is 3.20. The van der Waals surface area contributed by atoms with Gasteiger partial charge in [-0.1, -0.05) is 0 Å². The summed E-state index contributed by atoms with van der Waals surface area (Å²) in [6.45, 7) is 3.03. The normalized spacial score (nSPS) is 14.7. The van der Waals surface area contributed by atoms with Gasteiger partial charge in [-0.3, -0.25) is 4.68 Å². The summed E-state index contributed by atoms with van der Waals surface area (Å²) in [5.74, 6) is 0. The molecule has 6 heteroatoms. The first-order chi connectivity index (χ1) is 8.49. The molecule has 0 radical (unpaired) electrons. The minimum absolute atomic E-state index is 0.489. The van der Waals surface area contributed by atoms with E-state index in [0.29, 0.717) is 6.54 Å². The predicted octanol–water partition coefficient (Wildman–Crippen LogP) is 2.24. The van der Waals surface area contributed by atoms with E-state index >= 15 is 0 Å². The molecule has 98 valence electrons. The molecule has 2 aromatic heterocycles. The molecule has 0 saturated heterocycles. The van der Waals surface area contributed by atoms with Crippen molar-refractivity contribution < 1.29 is 5.11 Å². The van der Waals surface area contributed by atoms with Gasteiger partial charge < -0.3 is 10.4 Å². The second-order valence-corrected chi connectivity index (χ2v) is 6.33. The monoisotopic (exact) mass is 329 g/mol. The summed E-state index contributed by atoms with van der Waals surface area (Å²) in [4.78, 5) is 1.23. The highest BCUT2D eigenvalue weighted by atomic mass is 79.9. The minimum Gasteiger partial charge on any atom is -0.384 e. The highest BCUT2D eigenvalue weighted by Gasteiger charge is 2.24. The summed E-state index contributed by atoms with van der Waals surface area (Å²) in [5.41, 5.74) is -0.0828. The van der Waals surface area contributed by atoms with Gasteiger partial charge in [-0.05, 0) is 34.3 Å². The number of hydrogen-bond donors (Lipinski definition) is 2. The van der Waals surface area contributed by atoms with Crippen LogP contribution in [0.15, 0.2) is 28.3 Å². The van der Waals surface area contributed by atoms with E-state index in [0.717, 1.165) is 16.6 Å². The van der Waals surface area contributed by atoms with E-state index in [2.05, 4.69) is 26.3 Å². The van der Waals surface area contributed by atoms with Crippen molar-refractivity contribution in [2.75, 3.05) is 6.54 Å². The number of aromatic nitrogens is 2. The summed E-state index contributed by atoms with van der Waals surface area (Å²) in [5, 5.41) is 19.8. The van der Waals surface area contributed by atoms with Crippen LogP contribution in [0, 0.1) is 0 Å². The number of aliphatic hydroxyl groups is 1.